The Morgan fingerprint density at radius 1 is 1.40 bits per heavy atom. The van der Waals surface area contributed by atoms with Crippen LogP contribution in [0.4, 0.5) is 0 Å². The van der Waals surface area contributed by atoms with Crippen LogP contribution in [-0.4, -0.2) is 24.3 Å². The zero-order chi connectivity index (χ0) is 11.7. The highest BCUT2D eigenvalue weighted by molar-refractivity contribution is 5.73. The molecule has 88 valence electrons. The van der Waals surface area contributed by atoms with E-state index in [1.807, 2.05) is 0 Å². The summed E-state index contributed by atoms with van der Waals surface area (Å²) in [6.45, 7) is 3.88. The van der Waals surface area contributed by atoms with E-state index in [9.17, 15) is 9.90 Å². The van der Waals surface area contributed by atoms with Crippen LogP contribution in [0.15, 0.2) is 12.2 Å². The van der Waals surface area contributed by atoms with E-state index in [0.29, 0.717) is 0 Å². The third-order valence-corrected chi connectivity index (χ3v) is 2.30. The van der Waals surface area contributed by atoms with Gasteiger partial charge in [0.2, 0.25) is 0 Å². The summed E-state index contributed by atoms with van der Waals surface area (Å²) in [6, 6.07) is 0. The number of aliphatic hydroxyl groups is 1. The summed E-state index contributed by atoms with van der Waals surface area (Å²) in [7, 11) is 1.37. The largest absolute Gasteiger partial charge is 0.469 e. The molecule has 1 N–H and O–H groups in total. The van der Waals surface area contributed by atoms with Gasteiger partial charge in [-0.15, -0.1) is 0 Å². The molecule has 0 spiro atoms. The van der Waals surface area contributed by atoms with Crippen LogP contribution in [0.25, 0.3) is 0 Å². The predicted molar refractivity (Wildman–Crippen MR) is 60.5 cm³/mol. The first kappa shape index (κ1) is 14.2. The zero-order valence-electron chi connectivity index (χ0n) is 9.90. The molecule has 2 atom stereocenters. The fourth-order valence-corrected chi connectivity index (χ4v) is 1.26. The second kappa shape index (κ2) is 8.48. The lowest BCUT2D eigenvalue weighted by Crippen LogP contribution is -2.11. The topological polar surface area (TPSA) is 46.5 Å². The third-order valence-electron chi connectivity index (χ3n) is 2.30. The Morgan fingerprint density at radius 3 is 2.60 bits per heavy atom. The Kier molecular flexibility index (Phi) is 8.01. The van der Waals surface area contributed by atoms with Crippen LogP contribution in [0.3, 0.4) is 0 Å². The van der Waals surface area contributed by atoms with E-state index in [4.69, 9.17) is 0 Å². The summed E-state index contributed by atoms with van der Waals surface area (Å²) < 4.78 is 4.57. The first-order chi connectivity index (χ1) is 7.11. The fraction of sp³-hybridized carbons (Fsp3) is 0.750. The molecular weight excluding hydrogens is 192 g/mol. The monoisotopic (exact) mass is 214 g/mol. The van der Waals surface area contributed by atoms with Gasteiger partial charge >= 0.3 is 5.97 Å². The Labute approximate surface area is 92.1 Å². The molecule has 0 fully saturated rings. The van der Waals surface area contributed by atoms with Crippen molar-refractivity contribution in [2.45, 2.75) is 45.6 Å². The molecular formula is C12H22O3. The summed E-state index contributed by atoms with van der Waals surface area (Å²) in [6.07, 6.45) is 7.00. The van der Waals surface area contributed by atoms with E-state index in [1.54, 1.807) is 19.1 Å². The minimum atomic E-state index is -0.441. The van der Waals surface area contributed by atoms with Gasteiger partial charge in [0.1, 0.15) is 0 Å². The fourth-order valence-electron chi connectivity index (χ4n) is 1.26. The van der Waals surface area contributed by atoms with Gasteiger partial charge in [0.25, 0.3) is 0 Å². The molecule has 0 aliphatic rings. The molecule has 3 nitrogen and oxygen atoms in total. The molecule has 0 rings (SSSR count). The highest BCUT2D eigenvalue weighted by atomic mass is 16.5. The van der Waals surface area contributed by atoms with Gasteiger partial charge < -0.3 is 9.84 Å². The van der Waals surface area contributed by atoms with Gasteiger partial charge in [0.05, 0.1) is 19.1 Å². The molecule has 0 aliphatic carbocycles. The van der Waals surface area contributed by atoms with Crippen molar-refractivity contribution in [3.63, 3.8) is 0 Å². The van der Waals surface area contributed by atoms with Crippen molar-refractivity contribution >= 4 is 5.97 Å². The van der Waals surface area contributed by atoms with E-state index in [0.717, 1.165) is 25.7 Å². The molecule has 0 unspecified atom stereocenters. The normalized spacial score (nSPS) is 15.2. The molecule has 0 bridgehead atoms. The SMILES string of the molecule is CCCCC[C@H](O)/C=C/[C@H](C)C(=O)OC. The lowest BCUT2D eigenvalue weighted by molar-refractivity contribution is -0.143. The van der Waals surface area contributed by atoms with Crippen LogP contribution in [0, 0.1) is 5.92 Å². The summed E-state index contributed by atoms with van der Waals surface area (Å²) in [5.74, 6) is -0.553. The van der Waals surface area contributed by atoms with E-state index in [1.165, 1.54) is 7.11 Å². The van der Waals surface area contributed by atoms with Gasteiger partial charge in [-0.3, -0.25) is 4.79 Å². The molecule has 0 aromatic carbocycles. The molecule has 3 heteroatoms. The Morgan fingerprint density at radius 2 is 2.07 bits per heavy atom. The first-order valence-corrected chi connectivity index (χ1v) is 5.56. The molecule has 0 amide bonds. The maximum atomic E-state index is 11.0. The molecule has 0 radical (unpaired) electrons. The zero-order valence-corrected chi connectivity index (χ0v) is 9.90. The van der Waals surface area contributed by atoms with Crippen molar-refractivity contribution in [3.05, 3.63) is 12.2 Å². The Bertz CT molecular complexity index is 199. The van der Waals surface area contributed by atoms with E-state index >= 15 is 0 Å². The maximum Gasteiger partial charge on any atom is 0.312 e. The quantitative estimate of drug-likeness (QED) is 0.402. The summed E-state index contributed by atoms with van der Waals surface area (Å²) in [4.78, 5) is 11.0. The average Bonchev–Trinajstić information content (AvgIpc) is 2.25. The van der Waals surface area contributed by atoms with Crippen LogP contribution < -0.4 is 0 Å². The number of aliphatic hydroxyl groups excluding tert-OH is 1. The van der Waals surface area contributed by atoms with Gasteiger partial charge in [0, 0.05) is 0 Å². The molecule has 0 heterocycles. The molecule has 0 aliphatic heterocycles. The van der Waals surface area contributed by atoms with Gasteiger partial charge in [-0.1, -0.05) is 38.3 Å². The predicted octanol–water partition coefficient (Wildman–Crippen LogP) is 2.29. The number of rotatable bonds is 7. The lowest BCUT2D eigenvalue weighted by atomic mass is 10.1. The van der Waals surface area contributed by atoms with E-state index < -0.39 is 6.10 Å². The van der Waals surface area contributed by atoms with Gasteiger partial charge in [-0.2, -0.15) is 0 Å². The van der Waals surface area contributed by atoms with Crippen molar-refractivity contribution in [1.82, 2.24) is 0 Å². The summed E-state index contributed by atoms with van der Waals surface area (Å²) in [5, 5.41) is 9.54. The third kappa shape index (κ3) is 7.14. The number of hydrogen-bond donors (Lipinski definition) is 1. The summed E-state index contributed by atoms with van der Waals surface area (Å²) >= 11 is 0. The van der Waals surface area contributed by atoms with Gasteiger partial charge in [-0.05, 0) is 13.3 Å². The van der Waals surface area contributed by atoms with E-state index in [2.05, 4.69) is 11.7 Å². The van der Waals surface area contributed by atoms with E-state index in [-0.39, 0.29) is 11.9 Å². The maximum absolute atomic E-state index is 11.0. The number of methoxy groups -OCH3 is 1. The van der Waals surface area contributed by atoms with Crippen LogP contribution in [0.1, 0.15) is 39.5 Å². The molecule has 15 heavy (non-hydrogen) atoms. The van der Waals surface area contributed by atoms with Crippen LogP contribution in [0.5, 0.6) is 0 Å². The van der Waals surface area contributed by atoms with Crippen LogP contribution in [-0.2, 0) is 9.53 Å². The van der Waals surface area contributed by atoms with Crippen LogP contribution >= 0.6 is 0 Å². The van der Waals surface area contributed by atoms with Crippen molar-refractivity contribution in [2.75, 3.05) is 7.11 Å². The van der Waals surface area contributed by atoms with Crippen molar-refractivity contribution < 1.29 is 14.6 Å². The second-order valence-electron chi connectivity index (χ2n) is 3.76. The number of esters is 1. The van der Waals surface area contributed by atoms with Gasteiger partial charge in [0.15, 0.2) is 0 Å². The number of carbonyl (C=O) groups excluding carboxylic acids is 1. The molecule has 0 saturated heterocycles. The number of hydrogen-bond acceptors (Lipinski definition) is 3. The molecule has 0 aromatic rings. The minimum Gasteiger partial charge on any atom is -0.469 e. The highest BCUT2D eigenvalue weighted by Gasteiger charge is 2.09. The Hall–Kier alpha value is -0.830. The smallest absolute Gasteiger partial charge is 0.312 e. The van der Waals surface area contributed by atoms with Crippen molar-refractivity contribution in [3.8, 4) is 0 Å². The highest BCUT2D eigenvalue weighted by Crippen LogP contribution is 2.06. The molecule has 0 aromatic heterocycles. The number of carbonyl (C=O) groups is 1. The Balaban J connectivity index is 3.78. The standard InChI is InChI=1S/C12H22O3/c1-4-5-6-7-11(13)9-8-10(2)12(14)15-3/h8-11,13H,4-7H2,1-3H3/b9-8+/t10-,11-/m0/s1. The van der Waals surface area contributed by atoms with Crippen molar-refractivity contribution in [2.24, 2.45) is 5.92 Å². The van der Waals surface area contributed by atoms with Crippen LogP contribution in [0.2, 0.25) is 0 Å². The lowest BCUT2D eigenvalue weighted by Gasteiger charge is -2.06. The number of ether oxygens (including phenoxy) is 1. The van der Waals surface area contributed by atoms with Crippen molar-refractivity contribution in [1.29, 1.82) is 0 Å². The second-order valence-corrected chi connectivity index (χ2v) is 3.76. The average molecular weight is 214 g/mol. The first-order valence-electron chi connectivity index (χ1n) is 5.56. The summed E-state index contributed by atoms with van der Waals surface area (Å²) in [5.41, 5.74) is 0. The number of unbranched alkanes of at least 4 members (excludes halogenated alkanes) is 2. The molecule has 0 saturated carbocycles. The van der Waals surface area contributed by atoms with Gasteiger partial charge in [-0.25, -0.2) is 0 Å². The minimum absolute atomic E-state index is 0.271.